The van der Waals surface area contributed by atoms with Gasteiger partial charge in [-0.05, 0) is 47.6 Å². The topological polar surface area (TPSA) is 84.9 Å². The largest absolute Gasteiger partial charge is 0.425 e. The summed E-state index contributed by atoms with van der Waals surface area (Å²) in [6.45, 7) is -0.671. The fourth-order valence-electron chi connectivity index (χ4n) is 4.03. The van der Waals surface area contributed by atoms with Crippen molar-refractivity contribution in [3.8, 4) is 5.75 Å². The molecule has 0 aromatic heterocycles. The first-order chi connectivity index (χ1) is 15.7. The van der Waals surface area contributed by atoms with Crippen molar-refractivity contribution in [3.63, 3.8) is 0 Å². The van der Waals surface area contributed by atoms with Crippen LogP contribution in [0.1, 0.15) is 34.8 Å². The molecular formula is C26H25NO5. The van der Waals surface area contributed by atoms with Gasteiger partial charge >= 0.3 is 5.97 Å². The van der Waals surface area contributed by atoms with Crippen molar-refractivity contribution < 1.29 is 24.3 Å². The number of amides is 1. The number of aliphatic hydroxyl groups excluding tert-OH is 1. The Bertz CT molecular complexity index is 1030. The Labute approximate surface area is 186 Å². The molecule has 1 unspecified atom stereocenters. The molecule has 2 N–H and O–H groups in total. The van der Waals surface area contributed by atoms with Crippen LogP contribution in [0.4, 0.5) is 0 Å². The zero-order valence-corrected chi connectivity index (χ0v) is 17.6. The molecule has 0 saturated carbocycles. The molecule has 1 atom stereocenters. The monoisotopic (exact) mass is 431 g/mol. The van der Waals surface area contributed by atoms with Gasteiger partial charge in [0.1, 0.15) is 18.5 Å². The van der Waals surface area contributed by atoms with Crippen LogP contribution in [-0.2, 0) is 27.3 Å². The standard InChI is InChI=1S/C26H25NO5/c28-17-24(29)31-23-13-7-12-20-16-21(14-15-22(20)23)26(30)27-32-25(18-8-3-1-4-9-18)19-10-5-2-6-11-19/h1-13,21,25,28H,14-17H2,(H,27,30). The highest BCUT2D eigenvalue weighted by molar-refractivity contribution is 5.79. The van der Waals surface area contributed by atoms with Gasteiger partial charge in [0.2, 0.25) is 5.91 Å². The first kappa shape index (κ1) is 21.7. The summed E-state index contributed by atoms with van der Waals surface area (Å²) < 4.78 is 5.22. The minimum atomic E-state index is -0.695. The van der Waals surface area contributed by atoms with Gasteiger partial charge in [0.25, 0.3) is 0 Å². The van der Waals surface area contributed by atoms with Crippen molar-refractivity contribution in [1.82, 2.24) is 5.48 Å². The van der Waals surface area contributed by atoms with Crippen molar-refractivity contribution in [2.24, 2.45) is 5.92 Å². The van der Waals surface area contributed by atoms with Gasteiger partial charge in [0, 0.05) is 5.92 Å². The third-order valence-electron chi connectivity index (χ3n) is 5.64. The molecule has 0 saturated heterocycles. The van der Waals surface area contributed by atoms with E-state index < -0.39 is 18.7 Å². The van der Waals surface area contributed by atoms with Gasteiger partial charge in [-0.3, -0.25) is 9.63 Å². The number of nitrogens with one attached hydrogen (secondary N) is 1. The van der Waals surface area contributed by atoms with E-state index in [9.17, 15) is 9.59 Å². The van der Waals surface area contributed by atoms with Crippen molar-refractivity contribution in [3.05, 3.63) is 101 Å². The number of hydroxylamine groups is 1. The first-order valence-corrected chi connectivity index (χ1v) is 10.6. The van der Waals surface area contributed by atoms with Crippen LogP contribution in [0.5, 0.6) is 5.75 Å². The van der Waals surface area contributed by atoms with E-state index in [-0.39, 0.29) is 11.8 Å². The maximum atomic E-state index is 12.9. The predicted molar refractivity (Wildman–Crippen MR) is 119 cm³/mol. The molecule has 3 aromatic rings. The summed E-state index contributed by atoms with van der Waals surface area (Å²) in [7, 11) is 0. The number of aliphatic hydroxyl groups is 1. The molecule has 164 valence electrons. The molecule has 32 heavy (non-hydrogen) atoms. The van der Waals surface area contributed by atoms with E-state index in [1.807, 2.05) is 66.7 Å². The summed E-state index contributed by atoms with van der Waals surface area (Å²) in [4.78, 5) is 30.3. The molecule has 1 aliphatic rings. The molecule has 6 nitrogen and oxygen atoms in total. The fraction of sp³-hybridized carbons (Fsp3) is 0.231. The molecule has 0 bridgehead atoms. The van der Waals surface area contributed by atoms with E-state index in [2.05, 4.69) is 5.48 Å². The number of benzene rings is 3. The number of fused-ring (bicyclic) bond motifs is 1. The Morgan fingerprint density at radius 3 is 2.22 bits per heavy atom. The van der Waals surface area contributed by atoms with Crippen LogP contribution in [-0.4, -0.2) is 23.6 Å². The summed E-state index contributed by atoms with van der Waals surface area (Å²) in [5, 5.41) is 8.94. The number of carbonyl (C=O) groups excluding carboxylic acids is 2. The lowest BCUT2D eigenvalue weighted by atomic mass is 9.83. The Morgan fingerprint density at radius 2 is 1.59 bits per heavy atom. The quantitative estimate of drug-likeness (QED) is 0.340. The highest BCUT2D eigenvalue weighted by Crippen LogP contribution is 2.33. The van der Waals surface area contributed by atoms with Gasteiger partial charge in [0.05, 0.1) is 0 Å². The van der Waals surface area contributed by atoms with E-state index in [0.29, 0.717) is 25.0 Å². The molecule has 6 heteroatoms. The van der Waals surface area contributed by atoms with Gasteiger partial charge < -0.3 is 9.84 Å². The van der Waals surface area contributed by atoms with Crippen molar-refractivity contribution in [2.75, 3.05) is 6.61 Å². The minimum absolute atomic E-state index is 0.176. The summed E-state index contributed by atoms with van der Waals surface area (Å²) in [6.07, 6.45) is 1.32. The molecule has 0 fully saturated rings. The van der Waals surface area contributed by atoms with E-state index in [1.165, 1.54) is 0 Å². The summed E-state index contributed by atoms with van der Waals surface area (Å²) in [5.41, 5.74) is 6.44. The minimum Gasteiger partial charge on any atom is -0.425 e. The highest BCUT2D eigenvalue weighted by atomic mass is 16.7. The van der Waals surface area contributed by atoms with E-state index in [4.69, 9.17) is 14.7 Å². The Balaban J connectivity index is 1.44. The van der Waals surface area contributed by atoms with Crippen LogP contribution < -0.4 is 10.2 Å². The maximum Gasteiger partial charge on any atom is 0.337 e. The third kappa shape index (κ3) is 5.04. The van der Waals surface area contributed by atoms with Crippen LogP contribution in [0.15, 0.2) is 78.9 Å². The van der Waals surface area contributed by atoms with Crippen LogP contribution >= 0.6 is 0 Å². The SMILES string of the molecule is O=C(CO)Oc1cccc2c1CCC(C(=O)NOC(c1ccccc1)c1ccccc1)C2. The summed E-state index contributed by atoms with van der Waals surface area (Å²) in [5.74, 6) is -0.673. The number of ether oxygens (including phenoxy) is 1. The summed E-state index contributed by atoms with van der Waals surface area (Å²) in [6, 6.07) is 24.9. The van der Waals surface area contributed by atoms with E-state index in [1.54, 1.807) is 12.1 Å². The van der Waals surface area contributed by atoms with Crippen molar-refractivity contribution in [1.29, 1.82) is 0 Å². The van der Waals surface area contributed by atoms with Crippen LogP contribution in [0.25, 0.3) is 0 Å². The molecule has 0 aliphatic heterocycles. The van der Waals surface area contributed by atoms with Gasteiger partial charge in [-0.25, -0.2) is 10.3 Å². The number of carbonyl (C=O) groups is 2. The molecule has 1 amide bonds. The van der Waals surface area contributed by atoms with E-state index >= 15 is 0 Å². The number of rotatable bonds is 7. The van der Waals surface area contributed by atoms with Gasteiger partial charge in [0.15, 0.2) is 0 Å². The average molecular weight is 431 g/mol. The molecule has 3 aromatic carbocycles. The fourth-order valence-corrected chi connectivity index (χ4v) is 4.03. The Morgan fingerprint density at radius 1 is 0.938 bits per heavy atom. The second-order valence-electron chi connectivity index (χ2n) is 7.75. The lowest BCUT2D eigenvalue weighted by Crippen LogP contribution is -2.35. The lowest BCUT2D eigenvalue weighted by Gasteiger charge is -2.26. The molecule has 4 rings (SSSR count). The molecule has 0 radical (unpaired) electrons. The maximum absolute atomic E-state index is 12.9. The second-order valence-corrected chi connectivity index (χ2v) is 7.75. The normalized spacial score (nSPS) is 15.1. The van der Waals surface area contributed by atoms with Crippen LogP contribution in [0.2, 0.25) is 0 Å². The summed E-state index contributed by atoms with van der Waals surface area (Å²) >= 11 is 0. The van der Waals surface area contributed by atoms with Crippen molar-refractivity contribution in [2.45, 2.75) is 25.4 Å². The second kappa shape index (κ2) is 10.2. The van der Waals surface area contributed by atoms with Crippen molar-refractivity contribution >= 4 is 11.9 Å². The van der Waals surface area contributed by atoms with E-state index in [0.717, 1.165) is 22.3 Å². The third-order valence-corrected chi connectivity index (χ3v) is 5.64. The molecule has 1 aliphatic carbocycles. The zero-order valence-electron chi connectivity index (χ0n) is 17.6. The average Bonchev–Trinajstić information content (AvgIpc) is 2.85. The molecular weight excluding hydrogens is 406 g/mol. The number of hydrogen-bond donors (Lipinski definition) is 2. The molecule has 0 spiro atoms. The first-order valence-electron chi connectivity index (χ1n) is 10.6. The van der Waals surface area contributed by atoms with Gasteiger partial charge in [-0.2, -0.15) is 0 Å². The Hall–Kier alpha value is -3.48. The Kier molecular flexibility index (Phi) is 6.94. The highest BCUT2D eigenvalue weighted by Gasteiger charge is 2.28. The van der Waals surface area contributed by atoms with Gasteiger partial charge in [-0.1, -0.05) is 72.8 Å². The number of esters is 1. The smallest absolute Gasteiger partial charge is 0.337 e. The lowest BCUT2D eigenvalue weighted by molar-refractivity contribution is -0.141. The van der Waals surface area contributed by atoms with Crippen LogP contribution in [0, 0.1) is 5.92 Å². The predicted octanol–water partition coefficient (Wildman–Crippen LogP) is 3.53. The zero-order chi connectivity index (χ0) is 22.3. The van der Waals surface area contributed by atoms with Gasteiger partial charge in [-0.15, -0.1) is 0 Å². The number of hydrogen-bond acceptors (Lipinski definition) is 5. The van der Waals surface area contributed by atoms with Crippen LogP contribution in [0.3, 0.4) is 0 Å². The molecule has 0 heterocycles.